The zero-order chi connectivity index (χ0) is 26.5. The topological polar surface area (TPSA) is 34.3 Å². The first kappa shape index (κ1) is 25.9. The van der Waals surface area contributed by atoms with Crippen molar-refractivity contribution in [2.24, 2.45) is 0 Å². The molecule has 2 N–H and O–H groups in total. The van der Waals surface area contributed by atoms with E-state index in [9.17, 15) is 17.6 Å². The lowest BCUT2D eigenvalue weighted by molar-refractivity contribution is -0.0374. The van der Waals surface area contributed by atoms with Crippen LogP contribution in [0.1, 0.15) is 43.1 Å². The summed E-state index contributed by atoms with van der Waals surface area (Å²) in [6.07, 6.45) is 0.770. The number of hydrogen-bond donors (Lipinski definition) is 2. The smallest absolute Gasteiger partial charge is 0.257 e. The molecule has 0 aliphatic carbocycles. The highest BCUT2D eigenvalue weighted by Gasteiger charge is 2.42. The molecule has 1 saturated heterocycles. The van der Waals surface area contributed by atoms with Gasteiger partial charge in [-0.15, -0.1) is 0 Å². The lowest BCUT2D eigenvalue weighted by Crippen LogP contribution is -2.54. The van der Waals surface area contributed by atoms with E-state index < -0.39 is 48.7 Å². The second-order valence-electron chi connectivity index (χ2n) is 10.4. The van der Waals surface area contributed by atoms with Gasteiger partial charge in [-0.25, -0.2) is 22.0 Å². The number of halogens is 6. The SMILES string of the molecule is C[C@@H]1Cc2c([nH]c3c(F)cccc23)[C@@H](c2c(F)cc(NC3CN(CCCF)C3)cc2F)N1CC(C)(F)F. The number of alkyl halides is 3. The largest absolute Gasteiger partial charge is 0.380 e. The number of aromatic amines is 1. The quantitative estimate of drug-likeness (QED) is 0.353. The summed E-state index contributed by atoms with van der Waals surface area (Å²) in [5, 5.41) is 3.68. The maximum Gasteiger partial charge on any atom is 0.257 e. The fourth-order valence-corrected chi connectivity index (χ4v) is 5.71. The Hall–Kier alpha value is -2.72. The van der Waals surface area contributed by atoms with E-state index in [0.717, 1.165) is 6.92 Å². The van der Waals surface area contributed by atoms with Gasteiger partial charge < -0.3 is 10.3 Å². The van der Waals surface area contributed by atoms with Gasteiger partial charge in [0.05, 0.1) is 30.8 Å². The Morgan fingerprint density at radius 1 is 1.08 bits per heavy atom. The van der Waals surface area contributed by atoms with Crippen molar-refractivity contribution in [3.05, 3.63) is 64.6 Å². The van der Waals surface area contributed by atoms with Gasteiger partial charge in [0.25, 0.3) is 5.92 Å². The van der Waals surface area contributed by atoms with E-state index in [0.29, 0.717) is 49.1 Å². The number of para-hydroxylation sites is 1. The second kappa shape index (κ2) is 9.87. The monoisotopic (exact) mass is 524 g/mol. The van der Waals surface area contributed by atoms with E-state index >= 15 is 8.78 Å². The van der Waals surface area contributed by atoms with E-state index in [1.54, 1.807) is 19.1 Å². The summed E-state index contributed by atoms with van der Waals surface area (Å²) in [7, 11) is 0. The molecule has 3 heterocycles. The first-order valence-corrected chi connectivity index (χ1v) is 12.5. The number of fused-ring (bicyclic) bond motifs is 3. The fourth-order valence-electron chi connectivity index (χ4n) is 5.71. The van der Waals surface area contributed by atoms with Crippen molar-refractivity contribution in [3.8, 4) is 0 Å². The third kappa shape index (κ3) is 5.05. The van der Waals surface area contributed by atoms with Gasteiger partial charge in [-0.05, 0) is 43.5 Å². The number of rotatable bonds is 8. The van der Waals surface area contributed by atoms with E-state index in [-0.39, 0.29) is 22.8 Å². The van der Waals surface area contributed by atoms with Gasteiger partial charge >= 0.3 is 0 Å². The number of anilines is 1. The number of nitrogens with one attached hydrogen (secondary N) is 2. The van der Waals surface area contributed by atoms with Gasteiger partial charge in [-0.1, -0.05) is 12.1 Å². The number of likely N-dealkylation sites (tertiary alicyclic amines) is 1. The molecule has 37 heavy (non-hydrogen) atoms. The molecule has 0 unspecified atom stereocenters. The van der Waals surface area contributed by atoms with Crippen LogP contribution in [0.25, 0.3) is 10.9 Å². The summed E-state index contributed by atoms with van der Waals surface area (Å²) >= 11 is 0. The van der Waals surface area contributed by atoms with Crippen LogP contribution >= 0.6 is 0 Å². The molecular formula is C27H30F6N4. The first-order chi connectivity index (χ1) is 17.6. The fraction of sp³-hybridized carbons (Fsp3) is 0.481. The third-order valence-corrected chi connectivity index (χ3v) is 7.34. The first-order valence-electron chi connectivity index (χ1n) is 12.5. The minimum atomic E-state index is -3.12. The molecule has 3 aromatic rings. The molecule has 2 aromatic carbocycles. The number of aromatic nitrogens is 1. The zero-order valence-electron chi connectivity index (χ0n) is 20.7. The Morgan fingerprint density at radius 2 is 1.78 bits per heavy atom. The van der Waals surface area contributed by atoms with Crippen molar-refractivity contribution in [3.63, 3.8) is 0 Å². The van der Waals surface area contributed by atoms with Crippen LogP contribution in [0.2, 0.25) is 0 Å². The molecule has 0 spiro atoms. The highest BCUT2D eigenvalue weighted by Crippen LogP contribution is 2.44. The van der Waals surface area contributed by atoms with Gasteiger partial charge in [-0.3, -0.25) is 14.2 Å². The molecule has 1 aromatic heterocycles. The Morgan fingerprint density at radius 3 is 2.43 bits per heavy atom. The van der Waals surface area contributed by atoms with Crippen molar-refractivity contribution in [1.82, 2.24) is 14.8 Å². The molecule has 2 aliphatic heterocycles. The molecule has 0 amide bonds. The van der Waals surface area contributed by atoms with Gasteiger partial charge in [0.15, 0.2) is 0 Å². The summed E-state index contributed by atoms with van der Waals surface area (Å²) in [4.78, 5) is 6.40. The predicted molar refractivity (Wildman–Crippen MR) is 131 cm³/mol. The minimum Gasteiger partial charge on any atom is -0.380 e. The van der Waals surface area contributed by atoms with Crippen molar-refractivity contribution >= 4 is 16.6 Å². The Bertz CT molecular complexity index is 1260. The van der Waals surface area contributed by atoms with Gasteiger partial charge in [0.1, 0.15) is 17.5 Å². The molecular weight excluding hydrogens is 494 g/mol. The van der Waals surface area contributed by atoms with Crippen LogP contribution in [0, 0.1) is 17.5 Å². The summed E-state index contributed by atoms with van der Waals surface area (Å²) in [5.74, 6) is -5.38. The lowest BCUT2D eigenvalue weighted by Gasteiger charge is -2.42. The number of nitrogens with zero attached hydrogens (tertiary/aromatic N) is 2. The second-order valence-corrected chi connectivity index (χ2v) is 10.4. The van der Waals surface area contributed by atoms with E-state index in [2.05, 4.69) is 10.3 Å². The predicted octanol–water partition coefficient (Wildman–Crippen LogP) is 6.03. The van der Waals surface area contributed by atoms with Gasteiger partial charge in [0, 0.05) is 54.9 Å². The van der Waals surface area contributed by atoms with Gasteiger partial charge in [-0.2, -0.15) is 0 Å². The summed E-state index contributed by atoms with van der Waals surface area (Å²) < 4.78 is 86.7. The molecule has 0 radical (unpaired) electrons. The van der Waals surface area contributed by atoms with E-state index in [1.807, 2.05) is 4.90 Å². The molecule has 1 fully saturated rings. The van der Waals surface area contributed by atoms with Crippen molar-refractivity contribution < 1.29 is 26.3 Å². The molecule has 200 valence electrons. The van der Waals surface area contributed by atoms with E-state index in [1.165, 1.54) is 23.1 Å². The number of hydrogen-bond acceptors (Lipinski definition) is 3. The van der Waals surface area contributed by atoms with Gasteiger partial charge in [0.2, 0.25) is 0 Å². The highest BCUT2D eigenvalue weighted by molar-refractivity contribution is 5.86. The highest BCUT2D eigenvalue weighted by atomic mass is 19.3. The van der Waals surface area contributed by atoms with Crippen molar-refractivity contribution in [2.45, 2.75) is 50.7 Å². The van der Waals surface area contributed by atoms with Crippen LogP contribution in [0.4, 0.5) is 32.0 Å². The van der Waals surface area contributed by atoms with Crippen LogP contribution in [0.3, 0.4) is 0 Å². The van der Waals surface area contributed by atoms with Crippen LogP contribution in [-0.4, -0.2) is 65.6 Å². The normalized spacial score (nSPS) is 21.3. The summed E-state index contributed by atoms with van der Waals surface area (Å²) in [6.45, 7) is 3.29. The van der Waals surface area contributed by atoms with Crippen molar-refractivity contribution in [2.75, 3.05) is 38.2 Å². The summed E-state index contributed by atoms with van der Waals surface area (Å²) in [5.41, 5.74) is 1.08. The standard InChI is InChI=1S/C27H30F6N4/c1-15-9-19-18-5-3-6-20(29)24(18)35-25(19)26(37(15)14-27(2,32)33)23-21(30)10-16(11-22(23)31)34-17-12-36(13-17)8-4-7-28/h3,5-6,10-11,15,17,26,34-35H,4,7-9,12-14H2,1-2H3/t15-,26-/m1/s1. The maximum absolute atomic E-state index is 15.6. The Balaban J connectivity index is 1.52. The van der Waals surface area contributed by atoms with Crippen LogP contribution in [-0.2, 0) is 6.42 Å². The lowest BCUT2D eigenvalue weighted by atomic mass is 9.87. The van der Waals surface area contributed by atoms with E-state index in [4.69, 9.17) is 0 Å². The average molecular weight is 525 g/mol. The zero-order valence-corrected chi connectivity index (χ0v) is 20.7. The molecule has 2 aliphatic rings. The molecule has 0 bridgehead atoms. The average Bonchev–Trinajstić information content (AvgIpc) is 3.15. The molecule has 2 atom stereocenters. The Labute approximate surface area is 211 Å². The third-order valence-electron chi connectivity index (χ3n) is 7.34. The number of benzene rings is 2. The molecule has 10 heteroatoms. The van der Waals surface area contributed by atoms with Crippen LogP contribution in [0.15, 0.2) is 30.3 Å². The molecule has 0 saturated carbocycles. The number of H-pyrrole nitrogens is 1. The van der Waals surface area contributed by atoms with Crippen LogP contribution in [0.5, 0.6) is 0 Å². The van der Waals surface area contributed by atoms with Crippen LogP contribution < -0.4 is 5.32 Å². The molecule has 5 rings (SSSR count). The Kier molecular flexibility index (Phi) is 6.91. The maximum atomic E-state index is 15.6. The molecule has 4 nitrogen and oxygen atoms in total. The van der Waals surface area contributed by atoms with Crippen molar-refractivity contribution in [1.29, 1.82) is 0 Å². The summed E-state index contributed by atoms with van der Waals surface area (Å²) in [6, 6.07) is 5.20. The minimum absolute atomic E-state index is 0.0301.